The van der Waals surface area contributed by atoms with Crippen molar-refractivity contribution >= 4 is 23.3 Å². The molecule has 0 spiro atoms. The van der Waals surface area contributed by atoms with Crippen LogP contribution in [-0.2, 0) is 13.0 Å². The molecule has 7 heteroatoms. The fraction of sp³-hybridized carbons (Fsp3) is 0.231. The van der Waals surface area contributed by atoms with Crippen molar-refractivity contribution in [3.8, 4) is 0 Å². The number of carbonyl (C=O) groups is 1. The van der Waals surface area contributed by atoms with E-state index in [9.17, 15) is 4.79 Å². The lowest BCUT2D eigenvalue weighted by atomic mass is 10.0. The Hall–Kier alpha value is -2.21. The van der Waals surface area contributed by atoms with E-state index in [1.165, 1.54) is 12.5 Å². The van der Waals surface area contributed by atoms with Crippen molar-refractivity contribution in [2.75, 3.05) is 12.3 Å². The number of nitrogen functional groups attached to an aromatic ring is 1. The number of halogens is 1. The van der Waals surface area contributed by atoms with Gasteiger partial charge in [-0.25, -0.2) is 15.0 Å². The maximum atomic E-state index is 12.4. The Balaban J connectivity index is 1.83. The lowest BCUT2D eigenvalue weighted by molar-refractivity contribution is 0.0731. The van der Waals surface area contributed by atoms with E-state index in [2.05, 4.69) is 15.0 Å². The molecule has 0 saturated carbocycles. The Bertz CT molecular complexity index is 658. The first kappa shape index (κ1) is 12.8. The minimum atomic E-state index is -0.0861. The monoisotopic (exact) mass is 289 g/mol. The van der Waals surface area contributed by atoms with Gasteiger partial charge in [-0.05, 0) is 18.6 Å². The third kappa shape index (κ3) is 2.30. The Morgan fingerprint density at radius 3 is 2.90 bits per heavy atom. The van der Waals surface area contributed by atoms with Crippen LogP contribution >= 0.6 is 11.6 Å². The topological polar surface area (TPSA) is 85.0 Å². The van der Waals surface area contributed by atoms with Gasteiger partial charge in [0.1, 0.15) is 17.3 Å². The van der Waals surface area contributed by atoms with Gasteiger partial charge < -0.3 is 10.6 Å². The Morgan fingerprint density at radius 1 is 1.30 bits per heavy atom. The van der Waals surface area contributed by atoms with Crippen molar-refractivity contribution < 1.29 is 4.79 Å². The number of anilines is 1. The first-order valence-electron chi connectivity index (χ1n) is 6.14. The van der Waals surface area contributed by atoms with Crippen molar-refractivity contribution in [3.05, 3.63) is 46.6 Å². The summed E-state index contributed by atoms with van der Waals surface area (Å²) in [5.74, 6) is 0.409. The van der Waals surface area contributed by atoms with Crippen LogP contribution in [0.15, 0.2) is 24.7 Å². The van der Waals surface area contributed by atoms with Gasteiger partial charge >= 0.3 is 0 Å². The molecule has 102 valence electrons. The van der Waals surface area contributed by atoms with E-state index < -0.39 is 0 Å². The Morgan fingerprint density at radius 2 is 2.15 bits per heavy atom. The fourth-order valence-corrected chi connectivity index (χ4v) is 2.35. The quantitative estimate of drug-likeness (QED) is 0.800. The molecular weight excluding hydrogens is 278 g/mol. The smallest absolute Gasteiger partial charge is 0.255 e. The van der Waals surface area contributed by atoms with E-state index in [4.69, 9.17) is 17.3 Å². The maximum absolute atomic E-state index is 12.4. The van der Waals surface area contributed by atoms with E-state index >= 15 is 0 Å². The molecule has 20 heavy (non-hydrogen) atoms. The summed E-state index contributed by atoms with van der Waals surface area (Å²) in [5.41, 5.74) is 8.07. The van der Waals surface area contributed by atoms with Crippen LogP contribution in [0.5, 0.6) is 0 Å². The third-order valence-electron chi connectivity index (χ3n) is 3.30. The first-order valence-corrected chi connectivity index (χ1v) is 6.52. The van der Waals surface area contributed by atoms with Gasteiger partial charge in [0, 0.05) is 18.3 Å². The highest BCUT2D eigenvalue weighted by molar-refractivity contribution is 6.29. The van der Waals surface area contributed by atoms with Gasteiger partial charge in [-0.2, -0.15) is 0 Å². The van der Waals surface area contributed by atoms with Crippen LogP contribution in [0.3, 0.4) is 0 Å². The molecule has 1 aliphatic rings. The largest absolute Gasteiger partial charge is 0.383 e. The van der Waals surface area contributed by atoms with Crippen molar-refractivity contribution in [2.45, 2.75) is 13.0 Å². The molecule has 2 aromatic rings. The van der Waals surface area contributed by atoms with Gasteiger partial charge in [-0.15, -0.1) is 0 Å². The molecule has 0 unspecified atom stereocenters. The molecule has 1 amide bonds. The van der Waals surface area contributed by atoms with Crippen molar-refractivity contribution in [1.82, 2.24) is 19.9 Å². The van der Waals surface area contributed by atoms with Crippen molar-refractivity contribution in [3.63, 3.8) is 0 Å². The molecule has 0 radical (unpaired) electrons. The molecule has 0 aliphatic carbocycles. The van der Waals surface area contributed by atoms with Crippen molar-refractivity contribution in [1.29, 1.82) is 0 Å². The highest BCUT2D eigenvalue weighted by Gasteiger charge is 2.24. The van der Waals surface area contributed by atoms with Gasteiger partial charge in [0.15, 0.2) is 0 Å². The standard InChI is InChI=1S/C13H12ClN5O/c14-11-2-1-8(5-16-11)13(20)19-4-3-9-10(6-19)17-7-18-12(9)15/h1-2,5,7H,3-4,6H2,(H2,15,17,18). The molecule has 0 aromatic carbocycles. The molecule has 0 bridgehead atoms. The number of rotatable bonds is 1. The number of nitrogens with two attached hydrogens (primary N) is 1. The van der Waals surface area contributed by atoms with Crippen LogP contribution in [0.4, 0.5) is 5.82 Å². The lowest BCUT2D eigenvalue weighted by Crippen LogP contribution is -2.37. The van der Waals surface area contributed by atoms with Gasteiger partial charge in [0.25, 0.3) is 5.91 Å². The van der Waals surface area contributed by atoms with Crippen molar-refractivity contribution in [2.24, 2.45) is 0 Å². The van der Waals surface area contributed by atoms with Gasteiger partial charge in [0.2, 0.25) is 0 Å². The zero-order valence-corrected chi connectivity index (χ0v) is 11.3. The molecule has 3 heterocycles. The highest BCUT2D eigenvalue weighted by Crippen LogP contribution is 2.21. The summed E-state index contributed by atoms with van der Waals surface area (Å²) in [6.45, 7) is 1.02. The summed E-state index contributed by atoms with van der Waals surface area (Å²) >= 11 is 5.72. The average molecular weight is 290 g/mol. The minimum Gasteiger partial charge on any atom is -0.383 e. The molecule has 2 N–H and O–H groups in total. The van der Waals surface area contributed by atoms with Gasteiger partial charge in [-0.3, -0.25) is 4.79 Å². The maximum Gasteiger partial charge on any atom is 0.255 e. The highest BCUT2D eigenvalue weighted by atomic mass is 35.5. The number of hydrogen-bond donors (Lipinski definition) is 1. The van der Waals surface area contributed by atoms with Gasteiger partial charge in [-0.1, -0.05) is 11.6 Å². The van der Waals surface area contributed by atoms with Crippen LogP contribution < -0.4 is 5.73 Å². The van der Waals surface area contributed by atoms with E-state index in [-0.39, 0.29) is 5.91 Å². The van der Waals surface area contributed by atoms with Crippen LogP contribution in [0, 0.1) is 0 Å². The average Bonchev–Trinajstić information content (AvgIpc) is 2.47. The number of amides is 1. The number of aromatic nitrogens is 3. The zero-order valence-electron chi connectivity index (χ0n) is 10.6. The predicted molar refractivity (Wildman–Crippen MR) is 74.1 cm³/mol. The van der Waals surface area contributed by atoms with Crippen LogP contribution in [0.1, 0.15) is 21.6 Å². The number of pyridine rings is 1. The molecule has 2 aromatic heterocycles. The molecule has 3 rings (SSSR count). The zero-order chi connectivity index (χ0) is 14.1. The van der Waals surface area contributed by atoms with Crippen LogP contribution in [0.25, 0.3) is 0 Å². The minimum absolute atomic E-state index is 0.0861. The SMILES string of the molecule is Nc1ncnc2c1CCN(C(=O)c1ccc(Cl)nc1)C2. The molecule has 6 nitrogen and oxygen atoms in total. The summed E-state index contributed by atoms with van der Waals surface area (Å²) in [6, 6.07) is 3.27. The third-order valence-corrected chi connectivity index (χ3v) is 3.53. The second-order valence-electron chi connectivity index (χ2n) is 4.53. The lowest BCUT2D eigenvalue weighted by Gasteiger charge is -2.28. The van der Waals surface area contributed by atoms with Gasteiger partial charge in [0.05, 0.1) is 17.8 Å². The Labute approximate surface area is 120 Å². The van der Waals surface area contributed by atoms with E-state index in [0.717, 1.165) is 11.3 Å². The second kappa shape index (κ2) is 5.05. The predicted octanol–water partition coefficient (Wildman–Crippen LogP) is 1.31. The summed E-state index contributed by atoms with van der Waals surface area (Å²) in [5, 5.41) is 0.367. The number of hydrogen-bond acceptors (Lipinski definition) is 5. The molecule has 0 fully saturated rings. The van der Waals surface area contributed by atoms with Crippen LogP contribution in [0.2, 0.25) is 5.15 Å². The summed E-state index contributed by atoms with van der Waals surface area (Å²) in [4.78, 5) is 26.2. The first-order chi connectivity index (χ1) is 9.65. The molecule has 1 aliphatic heterocycles. The number of fused-ring (bicyclic) bond motifs is 1. The molecule has 0 saturated heterocycles. The fourth-order valence-electron chi connectivity index (χ4n) is 2.24. The summed E-state index contributed by atoms with van der Waals surface area (Å²) in [6.07, 6.45) is 3.56. The molecular formula is C13H12ClN5O. The normalized spacial score (nSPS) is 13.9. The number of carbonyl (C=O) groups excluding carboxylic acids is 1. The van der Waals surface area contributed by atoms with E-state index in [1.54, 1.807) is 17.0 Å². The Kier molecular flexibility index (Phi) is 3.23. The van der Waals surface area contributed by atoms with Crippen LogP contribution in [-0.4, -0.2) is 32.3 Å². The number of nitrogens with zero attached hydrogens (tertiary/aromatic N) is 4. The summed E-state index contributed by atoms with van der Waals surface area (Å²) < 4.78 is 0. The van der Waals surface area contributed by atoms with E-state index in [1.807, 2.05) is 0 Å². The second-order valence-corrected chi connectivity index (χ2v) is 4.92. The van der Waals surface area contributed by atoms with E-state index in [0.29, 0.717) is 36.0 Å². The molecule has 0 atom stereocenters. The summed E-state index contributed by atoms with van der Waals surface area (Å²) in [7, 11) is 0.